The first-order valence-electron chi connectivity index (χ1n) is 4.04. The zero-order valence-corrected chi connectivity index (χ0v) is 10.1. The molecule has 3 nitrogen and oxygen atoms in total. The van der Waals surface area contributed by atoms with Crippen molar-refractivity contribution in [3.05, 3.63) is 0 Å². The van der Waals surface area contributed by atoms with Crippen molar-refractivity contribution in [1.29, 1.82) is 0 Å². The van der Waals surface area contributed by atoms with Gasteiger partial charge in [-0.2, -0.15) is 0 Å². The van der Waals surface area contributed by atoms with Crippen LogP contribution >= 0.6 is 23.5 Å². The molecule has 2 atom stereocenters. The van der Waals surface area contributed by atoms with Gasteiger partial charge >= 0.3 is 7.60 Å². The Labute approximate surface area is 81.8 Å². The van der Waals surface area contributed by atoms with Crippen LogP contribution in [0.4, 0.5) is 0 Å². The minimum absolute atomic E-state index is 0.0247. The second kappa shape index (κ2) is 4.23. The highest BCUT2D eigenvalue weighted by molar-refractivity contribution is 9.11. The number of rotatable bonds is 4. The molecule has 0 saturated heterocycles. The fraction of sp³-hybridized carbons (Fsp3) is 1.00. The summed E-state index contributed by atoms with van der Waals surface area (Å²) in [5, 5.41) is 0. The van der Waals surface area contributed by atoms with Gasteiger partial charge in [-0.15, -0.1) is 0 Å². The quantitative estimate of drug-likeness (QED) is 0.602. The van der Waals surface area contributed by atoms with E-state index in [0.29, 0.717) is 6.42 Å². The Bertz CT molecular complexity index is 191. The van der Waals surface area contributed by atoms with Crippen molar-refractivity contribution in [1.82, 2.24) is 0 Å². The number of hydrogen-bond acceptors (Lipinski definition) is 1. The highest BCUT2D eigenvalue weighted by atomic mass is 79.9. The molecule has 0 aromatic rings. The van der Waals surface area contributed by atoms with Gasteiger partial charge in [0.2, 0.25) is 0 Å². The number of halogens is 1. The third-order valence-electron chi connectivity index (χ3n) is 2.35. The van der Waals surface area contributed by atoms with Crippen LogP contribution in [0.15, 0.2) is 0 Å². The van der Waals surface area contributed by atoms with E-state index in [1.54, 1.807) is 6.92 Å². The van der Waals surface area contributed by atoms with Gasteiger partial charge in [-0.1, -0.05) is 43.1 Å². The average Bonchev–Trinajstić information content (AvgIpc) is 1.99. The predicted octanol–water partition coefficient (Wildman–Crippen LogP) is 2.71. The molecule has 12 heavy (non-hydrogen) atoms. The van der Waals surface area contributed by atoms with Crippen LogP contribution in [0.5, 0.6) is 0 Å². The van der Waals surface area contributed by atoms with Gasteiger partial charge in [-0.25, -0.2) is 0 Å². The summed E-state index contributed by atoms with van der Waals surface area (Å²) in [6, 6.07) is 0. The molecule has 0 aliphatic heterocycles. The molecule has 0 heterocycles. The monoisotopic (exact) mass is 258 g/mol. The fourth-order valence-corrected chi connectivity index (χ4v) is 2.65. The van der Waals surface area contributed by atoms with E-state index < -0.39 is 11.7 Å². The largest absolute Gasteiger partial charge is 0.342 e. The summed E-state index contributed by atoms with van der Waals surface area (Å²) in [7, 11) is -4.04. The average molecular weight is 259 g/mol. The van der Waals surface area contributed by atoms with Gasteiger partial charge in [0.05, 0.1) is 0 Å². The molecule has 0 aromatic heterocycles. The molecule has 0 bridgehead atoms. The molecule has 0 rings (SSSR count). The van der Waals surface area contributed by atoms with Crippen molar-refractivity contribution in [3.63, 3.8) is 0 Å². The SMILES string of the molecule is CCC(C)C(Br)(CC)P(=O)(O)O. The molecule has 74 valence electrons. The Balaban J connectivity index is 4.80. The van der Waals surface area contributed by atoms with Gasteiger partial charge in [-0.3, -0.25) is 4.57 Å². The molecular formula is C7H16BrO3P. The number of alkyl halides is 1. The highest BCUT2D eigenvalue weighted by Crippen LogP contribution is 2.60. The molecule has 0 spiro atoms. The van der Waals surface area contributed by atoms with E-state index in [4.69, 9.17) is 9.79 Å². The van der Waals surface area contributed by atoms with E-state index >= 15 is 0 Å². The van der Waals surface area contributed by atoms with Crippen molar-refractivity contribution < 1.29 is 14.4 Å². The van der Waals surface area contributed by atoms with Crippen molar-refractivity contribution in [2.24, 2.45) is 5.92 Å². The lowest BCUT2D eigenvalue weighted by molar-refractivity contribution is 0.322. The molecule has 0 saturated carbocycles. The summed E-state index contributed by atoms with van der Waals surface area (Å²) in [6.45, 7) is 5.54. The second-order valence-electron chi connectivity index (χ2n) is 3.03. The number of hydrogen-bond donors (Lipinski definition) is 2. The predicted molar refractivity (Wildman–Crippen MR) is 53.4 cm³/mol. The van der Waals surface area contributed by atoms with E-state index in [-0.39, 0.29) is 5.92 Å². The van der Waals surface area contributed by atoms with Crippen LogP contribution < -0.4 is 0 Å². The van der Waals surface area contributed by atoms with Crippen LogP contribution in [0.1, 0.15) is 33.6 Å². The summed E-state index contributed by atoms with van der Waals surface area (Å²) < 4.78 is 10.1. The van der Waals surface area contributed by atoms with Gasteiger partial charge in [0.1, 0.15) is 4.07 Å². The summed E-state index contributed by atoms with van der Waals surface area (Å²) >= 11 is 3.17. The fourth-order valence-electron chi connectivity index (χ4n) is 1.15. The van der Waals surface area contributed by atoms with Crippen molar-refractivity contribution in [3.8, 4) is 0 Å². The van der Waals surface area contributed by atoms with E-state index in [1.165, 1.54) is 0 Å². The molecule has 0 amide bonds. The molecule has 0 radical (unpaired) electrons. The van der Waals surface area contributed by atoms with Gasteiger partial charge in [0, 0.05) is 0 Å². The Hall–Kier alpha value is 0.630. The van der Waals surface area contributed by atoms with Crippen molar-refractivity contribution >= 4 is 23.5 Å². The van der Waals surface area contributed by atoms with Gasteiger partial charge < -0.3 is 9.79 Å². The maximum absolute atomic E-state index is 11.1. The third-order valence-corrected chi connectivity index (χ3v) is 6.80. The molecule has 0 aliphatic rings. The minimum Gasteiger partial charge on any atom is -0.323 e. The molecule has 2 N–H and O–H groups in total. The molecule has 0 aliphatic carbocycles. The van der Waals surface area contributed by atoms with E-state index in [1.807, 2.05) is 13.8 Å². The van der Waals surface area contributed by atoms with Crippen LogP contribution in [0.25, 0.3) is 0 Å². The lowest BCUT2D eigenvalue weighted by Crippen LogP contribution is -2.28. The maximum atomic E-state index is 11.1. The molecule has 0 aromatic carbocycles. The van der Waals surface area contributed by atoms with Crippen LogP contribution in [0.3, 0.4) is 0 Å². The lowest BCUT2D eigenvalue weighted by Gasteiger charge is -2.32. The van der Waals surface area contributed by atoms with E-state index in [0.717, 1.165) is 6.42 Å². The normalized spacial score (nSPS) is 20.2. The van der Waals surface area contributed by atoms with Crippen LogP contribution in [0, 0.1) is 5.92 Å². The summed E-state index contributed by atoms with van der Waals surface area (Å²) in [4.78, 5) is 18.2. The van der Waals surface area contributed by atoms with Crippen molar-refractivity contribution in [2.75, 3.05) is 0 Å². The maximum Gasteiger partial charge on any atom is 0.342 e. The molecule has 5 heteroatoms. The Morgan fingerprint density at radius 2 is 1.92 bits per heavy atom. The van der Waals surface area contributed by atoms with Crippen LogP contribution in [-0.4, -0.2) is 13.9 Å². The summed E-state index contributed by atoms with van der Waals surface area (Å²) in [5.41, 5.74) is 0. The van der Waals surface area contributed by atoms with Gasteiger partial charge in [0.15, 0.2) is 0 Å². The highest BCUT2D eigenvalue weighted by Gasteiger charge is 2.46. The first kappa shape index (κ1) is 12.6. The first-order valence-corrected chi connectivity index (χ1v) is 6.44. The van der Waals surface area contributed by atoms with E-state index in [9.17, 15) is 4.57 Å². The zero-order valence-electron chi connectivity index (χ0n) is 7.62. The third kappa shape index (κ3) is 2.32. The topological polar surface area (TPSA) is 57.5 Å². The van der Waals surface area contributed by atoms with E-state index in [2.05, 4.69) is 15.9 Å². The Kier molecular flexibility index (Phi) is 4.45. The molecule has 0 fully saturated rings. The summed E-state index contributed by atoms with van der Waals surface area (Å²) in [5.74, 6) is -0.0247. The van der Waals surface area contributed by atoms with Gasteiger partial charge in [-0.05, 0) is 12.3 Å². The lowest BCUT2D eigenvalue weighted by atomic mass is 10.0. The zero-order chi connectivity index (χ0) is 9.99. The Morgan fingerprint density at radius 3 is 2.00 bits per heavy atom. The minimum atomic E-state index is -4.04. The standard InChI is InChI=1S/C7H16BrO3P/c1-4-6(3)7(8,5-2)12(9,10)11/h6H,4-5H2,1-3H3,(H2,9,10,11). The van der Waals surface area contributed by atoms with Gasteiger partial charge in [0.25, 0.3) is 0 Å². The van der Waals surface area contributed by atoms with Crippen molar-refractivity contribution in [2.45, 2.75) is 37.7 Å². The smallest absolute Gasteiger partial charge is 0.323 e. The second-order valence-corrected chi connectivity index (χ2v) is 6.94. The Morgan fingerprint density at radius 1 is 1.50 bits per heavy atom. The molecule has 2 unspecified atom stereocenters. The molecular weight excluding hydrogens is 243 g/mol. The van der Waals surface area contributed by atoms with Crippen LogP contribution in [-0.2, 0) is 4.57 Å². The summed E-state index contributed by atoms with van der Waals surface area (Å²) in [6.07, 6.45) is 1.19. The van der Waals surface area contributed by atoms with Crippen LogP contribution in [0.2, 0.25) is 0 Å². The first-order chi connectivity index (χ1) is 5.29.